The first-order valence-corrected chi connectivity index (χ1v) is 7.34. The minimum atomic E-state index is -0.578. The molecule has 0 fully saturated rings. The van der Waals surface area contributed by atoms with Crippen LogP contribution in [0.5, 0.6) is 0 Å². The van der Waals surface area contributed by atoms with Gasteiger partial charge in [0.25, 0.3) is 11.6 Å². The Morgan fingerprint density at radius 3 is 2.50 bits per heavy atom. The Labute approximate surface area is 138 Å². The van der Waals surface area contributed by atoms with Gasteiger partial charge in [0.05, 0.1) is 17.5 Å². The van der Waals surface area contributed by atoms with Gasteiger partial charge in [0.15, 0.2) is 0 Å². The lowest BCUT2D eigenvalue weighted by Crippen LogP contribution is -2.38. The van der Waals surface area contributed by atoms with Crippen LogP contribution < -0.4 is 10.6 Å². The predicted octanol–water partition coefficient (Wildman–Crippen LogP) is 2.20. The molecule has 0 aliphatic carbocycles. The van der Waals surface area contributed by atoms with Crippen LogP contribution in [0.2, 0.25) is 0 Å². The topological polar surface area (TPSA) is 101 Å². The number of nitrogens with zero attached hydrogens (tertiary/aromatic N) is 1. The van der Waals surface area contributed by atoms with Gasteiger partial charge < -0.3 is 10.6 Å². The van der Waals surface area contributed by atoms with E-state index in [4.69, 9.17) is 0 Å². The van der Waals surface area contributed by atoms with E-state index in [2.05, 4.69) is 10.6 Å². The number of hydrogen-bond acceptors (Lipinski definition) is 4. The molecule has 2 N–H and O–H groups in total. The molecule has 0 bridgehead atoms. The molecular weight excluding hydrogens is 310 g/mol. The van der Waals surface area contributed by atoms with Crippen molar-refractivity contribution >= 4 is 17.5 Å². The molecule has 0 aliphatic rings. The zero-order valence-corrected chi connectivity index (χ0v) is 13.1. The fourth-order valence-electron chi connectivity index (χ4n) is 2.14. The normalized spacial score (nSPS) is 11.4. The Bertz CT molecular complexity index is 747. The predicted molar refractivity (Wildman–Crippen MR) is 88.4 cm³/mol. The van der Waals surface area contributed by atoms with Crippen LogP contribution in [0, 0.1) is 10.1 Å². The molecule has 0 saturated carbocycles. The summed E-state index contributed by atoms with van der Waals surface area (Å²) in [7, 11) is 0. The molecule has 7 heteroatoms. The van der Waals surface area contributed by atoms with E-state index in [1.807, 2.05) is 37.3 Å². The molecule has 24 heavy (non-hydrogen) atoms. The van der Waals surface area contributed by atoms with E-state index < -0.39 is 10.8 Å². The van der Waals surface area contributed by atoms with Gasteiger partial charge in [0.1, 0.15) is 0 Å². The third kappa shape index (κ3) is 4.64. The number of non-ortho nitro benzene ring substituents is 1. The van der Waals surface area contributed by atoms with E-state index in [-0.39, 0.29) is 29.7 Å². The lowest BCUT2D eigenvalue weighted by Gasteiger charge is -2.14. The van der Waals surface area contributed by atoms with Crippen molar-refractivity contribution in [3.05, 3.63) is 75.8 Å². The van der Waals surface area contributed by atoms with E-state index in [1.54, 1.807) is 0 Å². The first-order chi connectivity index (χ1) is 11.5. The van der Waals surface area contributed by atoms with Gasteiger partial charge in [0, 0.05) is 17.7 Å². The standard InChI is InChI=1S/C17H17N3O4/c1-12(13-6-3-2-4-7-13)19-16(21)11-18-17(22)14-8-5-9-15(10-14)20(23)24/h2-10,12H,11H2,1H3,(H,18,22)(H,19,21)/t12-/m0/s1. The molecule has 0 heterocycles. The third-order valence-corrected chi connectivity index (χ3v) is 3.41. The van der Waals surface area contributed by atoms with Crippen LogP contribution in [-0.2, 0) is 4.79 Å². The van der Waals surface area contributed by atoms with Crippen LogP contribution in [0.1, 0.15) is 28.9 Å². The maximum Gasteiger partial charge on any atom is 0.270 e. The van der Waals surface area contributed by atoms with Gasteiger partial charge in [-0.2, -0.15) is 0 Å². The largest absolute Gasteiger partial charge is 0.348 e. The monoisotopic (exact) mass is 327 g/mol. The number of amides is 2. The van der Waals surface area contributed by atoms with Crippen LogP contribution >= 0.6 is 0 Å². The smallest absolute Gasteiger partial charge is 0.270 e. The lowest BCUT2D eigenvalue weighted by molar-refractivity contribution is -0.384. The first-order valence-electron chi connectivity index (χ1n) is 7.34. The van der Waals surface area contributed by atoms with Crippen molar-refractivity contribution in [1.82, 2.24) is 10.6 Å². The Morgan fingerprint density at radius 2 is 1.83 bits per heavy atom. The summed E-state index contributed by atoms with van der Waals surface area (Å²) in [6.45, 7) is 1.63. The highest BCUT2D eigenvalue weighted by molar-refractivity contribution is 5.96. The number of hydrogen-bond donors (Lipinski definition) is 2. The van der Waals surface area contributed by atoms with E-state index in [0.717, 1.165) is 5.56 Å². The van der Waals surface area contributed by atoms with Gasteiger partial charge in [-0.3, -0.25) is 19.7 Å². The molecule has 1 atom stereocenters. The van der Waals surface area contributed by atoms with Gasteiger partial charge in [-0.05, 0) is 18.6 Å². The van der Waals surface area contributed by atoms with Gasteiger partial charge in [0.2, 0.25) is 5.91 Å². The van der Waals surface area contributed by atoms with Crippen LogP contribution in [0.15, 0.2) is 54.6 Å². The maximum atomic E-state index is 12.0. The van der Waals surface area contributed by atoms with Crippen molar-refractivity contribution in [2.75, 3.05) is 6.54 Å². The molecule has 0 aliphatic heterocycles. The van der Waals surface area contributed by atoms with Crippen molar-refractivity contribution in [2.24, 2.45) is 0 Å². The molecule has 7 nitrogen and oxygen atoms in total. The lowest BCUT2D eigenvalue weighted by atomic mass is 10.1. The molecule has 0 aromatic heterocycles. The summed E-state index contributed by atoms with van der Waals surface area (Å²) in [5, 5.41) is 15.9. The van der Waals surface area contributed by atoms with Crippen molar-refractivity contribution in [1.29, 1.82) is 0 Å². The summed E-state index contributed by atoms with van der Waals surface area (Å²) in [4.78, 5) is 34.0. The number of benzene rings is 2. The number of carbonyl (C=O) groups excluding carboxylic acids is 2. The molecule has 2 amide bonds. The Morgan fingerprint density at radius 1 is 1.12 bits per heavy atom. The van der Waals surface area contributed by atoms with Crippen LogP contribution in [0.3, 0.4) is 0 Å². The minimum absolute atomic E-state index is 0.133. The SMILES string of the molecule is C[C@H](NC(=O)CNC(=O)c1cccc([N+](=O)[O-])c1)c1ccccc1. The molecule has 0 saturated heterocycles. The number of rotatable bonds is 6. The Hall–Kier alpha value is -3.22. The molecule has 2 aromatic carbocycles. The second-order valence-electron chi connectivity index (χ2n) is 5.19. The average molecular weight is 327 g/mol. The summed E-state index contributed by atoms with van der Waals surface area (Å²) < 4.78 is 0. The number of carbonyl (C=O) groups is 2. The maximum absolute atomic E-state index is 12.0. The minimum Gasteiger partial charge on any atom is -0.348 e. The Balaban J connectivity index is 1.88. The summed E-state index contributed by atoms with van der Waals surface area (Å²) in [6, 6.07) is 14.6. The van der Waals surface area contributed by atoms with Crippen LogP contribution in [0.4, 0.5) is 5.69 Å². The van der Waals surface area contributed by atoms with E-state index >= 15 is 0 Å². The van der Waals surface area contributed by atoms with Gasteiger partial charge in [-0.25, -0.2) is 0 Å². The number of nitro groups is 1. The molecule has 124 valence electrons. The van der Waals surface area contributed by atoms with Crippen LogP contribution in [0.25, 0.3) is 0 Å². The summed E-state index contributed by atoms with van der Waals surface area (Å²) >= 11 is 0. The fraction of sp³-hybridized carbons (Fsp3) is 0.176. The van der Waals surface area contributed by atoms with Crippen molar-refractivity contribution in [3.8, 4) is 0 Å². The zero-order chi connectivity index (χ0) is 17.5. The highest BCUT2D eigenvalue weighted by atomic mass is 16.6. The number of nitrogens with one attached hydrogen (secondary N) is 2. The van der Waals surface area contributed by atoms with Crippen molar-refractivity contribution < 1.29 is 14.5 Å². The Kier molecular flexibility index (Phi) is 5.62. The van der Waals surface area contributed by atoms with E-state index in [1.165, 1.54) is 24.3 Å². The molecule has 0 spiro atoms. The van der Waals surface area contributed by atoms with Crippen molar-refractivity contribution in [3.63, 3.8) is 0 Å². The van der Waals surface area contributed by atoms with E-state index in [0.29, 0.717) is 0 Å². The number of nitro benzene ring substituents is 1. The molecule has 2 rings (SSSR count). The second-order valence-corrected chi connectivity index (χ2v) is 5.19. The highest BCUT2D eigenvalue weighted by Crippen LogP contribution is 2.13. The zero-order valence-electron chi connectivity index (χ0n) is 13.1. The third-order valence-electron chi connectivity index (χ3n) is 3.41. The summed E-state index contributed by atoms with van der Waals surface area (Å²) in [5.41, 5.74) is 0.911. The van der Waals surface area contributed by atoms with E-state index in [9.17, 15) is 19.7 Å². The average Bonchev–Trinajstić information content (AvgIpc) is 2.60. The van der Waals surface area contributed by atoms with Gasteiger partial charge in [-0.1, -0.05) is 36.4 Å². The van der Waals surface area contributed by atoms with Crippen LogP contribution in [-0.4, -0.2) is 23.3 Å². The summed E-state index contributed by atoms with van der Waals surface area (Å²) in [5.74, 6) is -0.883. The molecular formula is C17H17N3O4. The van der Waals surface area contributed by atoms with Gasteiger partial charge >= 0.3 is 0 Å². The highest BCUT2D eigenvalue weighted by Gasteiger charge is 2.13. The summed E-state index contributed by atoms with van der Waals surface area (Å²) in [6.07, 6.45) is 0. The quantitative estimate of drug-likeness (QED) is 0.627. The molecule has 2 aromatic rings. The second kappa shape index (κ2) is 7.87. The van der Waals surface area contributed by atoms with Gasteiger partial charge in [-0.15, -0.1) is 0 Å². The van der Waals surface area contributed by atoms with Crippen molar-refractivity contribution in [2.45, 2.75) is 13.0 Å². The first kappa shape index (κ1) is 17.1. The fourth-order valence-corrected chi connectivity index (χ4v) is 2.14. The molecule has 0 radical (unpaired) electrons. The molecule has 0 unspecified atom stereocenters.